The molecular weight excluding hydrogens is 499 g/mol. The molecule has 2 aromatic carbocycles. The third-order valence-electron chi connectivity index (χ3n) is 5.21. The molecule has 0 spiro atoms. The van der Waals surface area contributed by atoms with E-state index in [1.807, 2.05) is 0 Å². The quantitative estimate of drug-likeness (QED) is 0.196. The molecular formula is C24H28BF4N2O6. The summed E-state index contributed by atoms with van der Waals surface area (Å²) in [6, 6.07) is 8.75. The molecule has 0 aromatic heterocycles. The van der Waals surface area contributed by atoms with E-state index in [4.69, 9.17) is 14.1 Å². The van der Waals surface area contributed by atoms with Crippen molar-refractivity contribution in [1.82, 2.24) is 10.5 Å². The van der Waals surface area contributed by atoms with Crippen molar-refractivity contribution in [1.29, 1.82) is 0 Å². The minimum absolute atomic E-state index is 0.0893. The summed E-state index contributed by atoms with van der Waals surface area (Å²) in [4.78, 5) is 25.4. The lowest BCUT2D eigenvalue weighted by Gasteiger charge is -2.22. The maximum Gasteiger partial charge on any atom is 0.416 e. The maximum absolute atomic E-state index is 13.0. The lowest BCUT2D eigenvalue weighted by molar-refractivity contribution is -0.145. The van der Waals surface area contributed by atoms with Crippen molar-refractivity contribution in [3.63, 3.8) is 0 Å². The van der Waals surface area contributed by atoms with E-state index in [-0.39, 0.29) is 19.4 Å². The Labute approximate surface area is 212 Å². The second-order valence-electron chi connectivity index (χ2n) is 8.02. The van der Waals surface area contributed by atoms with E-state index < -0.39 is 48.5 Å². The molecule has 1 radical (unpaired) electrons. The van der Waals surface area contributed by atoms with Crippen LogP contribution in [0.3, 0.4) is 0 Å². The number of nitrogens with one attached hydrogen (secondary N) is 2. The molecule has 1 amide bonds. The Morgan fingerprint density at radius 3 is 2.05 bits per heavy atom. The minimum atomic E-state index is -4.49. The number of methoxy groups -OCH3 is 1. The van der Waals surface area contributed by atoms with Gasteiger partial charge in [0.1, 0.15) is 31.2 Å². The molecule has 2 aromatic rings. The number of esters is 1. The summed E-state index contributed by atoms with van der Waals surface area (Å²) in [5.74, 6) is -0.947. The summed E-state index contributed by atoms with van der Waals surface area (Å²) in [6.45, 7) is -1.14. The summed E-state index contributed by atoms with van der Waals surface area (Å²) in [5.41, 5.74) is 0.266. The molecule has 0 aliphatic carbocycles. The van der Waals surface area contributed by atoms with Gasteiger partial charge in [-0.15, -0.1) is 0 Å². The van der Waals surface area contributed by atoms with Crippen LogP contribution in [0.5, 0.6) is 5.75 Å². The van der Waals surface area contributed by atoms with Crippen molar-refractivity contribution in [2.45, 2.75) is 37.2 Å². The molecule has 13 heteroatoms. The number of aliphatic hydroxyl groups excluding tert-OH is 1. The van der Waals surface area contributed by atoms with Gasteiger partial charge in [0.2, 0.25) is 5.91 Å². The van der Waals surface area contributed by atoms with Crippen molar-refractivity contribution in [3.8, 4) is 5.75 Å². The average molecular weight is 527 g/mol. The molecule has 0 saturated heterocycles. The van der Waals surface area contributed by atoms with Gasteiger partial charge in [-0.25, -0.2) is 9.18 Å². The van der Waals surface area contributed by atoms with E-state index in [9.17, 15) is 32.3 Å². The molecule has 0 heterocycles. The molecule has 3 N–H and O–H groups in total. The predicted octanol–water partition coefficient (Wildman–Crippen LogP) is 2.00. The molecule has 37 heavy (non-hydrogen) atoms. The smallest absolute Gasteiger partial charge is 0.416 e. The molecule has 0 bridgehead atoms. The van der Waals surface area contributed by atoms with Crippen molar-refractivity contribution < 1.29 is 46.4 Å². The van der Waals surface area contributed by atoms with Gasteiger partial charge in [-0.2, -0.15) is 13.2 Å². The monoisotopic (exact) mass is 527 g/mol. The average Bonchev–Trinajstić information content (AvgIpc) is 2.89. The fourth-order valence-electron chi connectivity index (χ4n) is 3.25. The van der Waals surface area contributed by atoms with Crippen molar-refractivity contribution in [2.75, 3.05) is 27.5 Å². The highest BCUT2D eigenvalue weighted by atomic mass is 19.4. The van der Waals surface area contributed by atoms with E-state index in [0.717, 1.165) is 19.2 Å². The van der Waals surface area contributed by atoms with Crippen LogP contribution in [-0.2, 0) is 38.0 Å². The first-order valence-corrected chi connectivity index (χ1v) is 11.2. The number of halogens is 4. The van der Waals surface area contributed by atoms with E-state index in [2.05, 4.69) is 10.5 Å². The molecule has 2 rings (SSSR count). The number of benzene rings is 2. The Kier molecular flexibility index (Phi) is 11.8. The lowest BCUT2D eigenvalue weighted by Crippen LogP contribution is -2.53. The van der Waals surface area contributed by atoms with E-state index >= 15 is 0 Å². The lowest BCUT2D eigenvalue weighted by atomic mass is 10.0. The van der Waals surface area contributed by atoms with Crippen LogP contribution in [0.2, 0.25) is 0 Å². The fourth-order valence-corrected chi connectivity index (χ4v) is 3.25. The van der Waals surface area contributed by atoms with Gasteiger partial charge in [0.25, 0.3) is 0 Å². The minimum Gasteiger partial charge on any atom is -0.491 e. The van der Waals surface area contributed by atoms with Gasteiger partial charge in [0, 0.05) is 13.5 Å². The van der Waals surface area contributed by atoms with Gasteiger partial charge in [-0.3, -0.25) is 4.79 Å². The number of aliphatic hydroxyl groups is 1. The van der Waals surface area contributed by atoms with E-state index in [0.29, 0.717) is 16.9 Å². The van der Waals surface area contributed by atoms with Crippen molar-refractivity contribution in [3.05, 3.63) is 65.2 Å². The van der Waals surface area contributed by atoms with Gasteiger partial charge < -0.3 is 29.8 Å². The highest BCUT2D eigenvalue weighted by Crippen LogP contribution is 2.29. The Morgan fingerprint density at radius 2 is 1.54 bits per heavy atom. The van der Waals surface area contributed by atoms with Crippen LogP contribution in [0.25, 0.3) is 0 Å². The fraction of sp³-hybridized carbons (Fsp3) is 0.417. The summed E-state index contributed by atoms with van der Waals surface area (Å²) < 4.78 is 65.8. The number of amides is 1. The molecule has 3 atom stereocenters. The molecule has 0 fully saturated rings. The van der Waals surface area contributed by atoms with Crippen LogP contribution in [0.4, 0.5) is 17.6 Å². The first-order valence-electron chi connectivity index (χ1n) is 11.2. The zero-order valence-corrected chi connectivity index (χ0v) is 20.3. The number of ether oxygens (including phenoxy) is 2. The predicted molar refractivity (Wildman–Crippen MR) is 126 cm³/mol. The molecule has 0 aliphatic heterocycles. The molecule has 0 aliphatic rings. The van der Waals surface area contributed by atoms with Gasteiger partial charge in [-0.1, -0.05) is 24.3 Å². The third kappa shape index (κ3) is 10.0. The Balaban J connectivity index is 2.10. The summed E-state index contributed by atoms with van der Waals surface area (Å²) in [5, 5.41) is 14.6. The highest BCUT2D eigenvalue weighted by molar-refractivity contribution is 6.24. The number of carbonyl (C=O) groups excluding carboxylic acids is 2. The normalized spacial score (nSPS) is 13.8. The van der Waals surface area contributed by atoms with E-state index in [1.54, 1.807) is 24.3 Å². The number of hydrogen-bond acceptors (Lipinski definition) is 7. The SMILES string of the molecule is CO[B]N[C@@H](Cc1ccc(OCC(O)CF)cc1)C(=O)N[C@@H](Cc1ccc(C(F)(F)F)cc1)C(=O)OC. The Bertz CT molecular complexity index is 992. The second kappa shape index (κ2) is 14.6. The Morgan fingerprint density at radius 1 is 0.973 bits per heavy atom. The molecule has 8 nitrogen and oxygen atoms in total. The van der Waals surface area contributed by atoms with E-state index in [1.165, 1.54) is 26.9 Å². The van der Waals surface area contributed by atoms with Gasteiger partial charge in [0.05, 0.1) is 18.7 Å². The van der Waals surface area contributed by atoms with Gasteiger partial charge >= 0.3 is 19.8 Å². The standard InChI is InChI=1S/C24H28BF4N2O6/c1-35-23(34)21(12-15-3-7-17(8-4-15)24(27,28)29)30-22(33)20(31-25-36-2)11-16-5-9-19(10-6-16)37-14-18(32)13-26/h3-10,18,20-21,31-32H,11-14H2,1-2H3,(H,30,33)/t18?,20-,21-/m0/s1. The zero-order valence-electron chi connectivity index (χ0n) is 20.3. The molecule has 1 unspecified atom stereocenters. The topological polar surface area (TPSA) is 106 Å². The highest BCUT2D eigenvalue weighted by Gasteiger charge is 2.31. The Hall–Kier alpha value is -3.16. The molecule has 0 saturated carbocycles. The third-order valence-corrected chi connectivity index (χ3v) is 5.21. The van der Waals surface area contributed by atoms with Gasteiger partial charge in [-0.05, 0) is 41.8 Å². The summed E-state index contributed by atoms with van der Waals surface area (Å²) in [6.07, 6.45) is -5.65. The molecule has 201 valence electrons. The van der Waals surface area contributed by atoms with Crippen LogP contribution in [0, 0.1) is 0 Å². The van der Waals surface area contributed by atoms with Crippen LogP contribution in [0.15, 0.2) is 48.5 Å². The van der Waals surface area contributed by atoms with Gasteiger partial charge in [0.15, 0.2) is 0 Å². The maximum atomic E-state index is 13.0. The van der Waals surface area contributed by atoms with Crippen LogP contribution >= 0.6 is 0 Å². The number of hydrogen-bond donors (Lipinski definition) is 3. The first-order chi connectivity index (χ1) is 17.6. The largest absolute Gasteiger partial charge is 0.491 e. The van der Waals surface area contributed by atoms with Crippen LogP contribution in [-0.4, -0.2) is 70.3 Å². The van der Waals surface area contributed by atoms with Crippen molar-refractivity contribution in [2.24, 2.45) is 0 Å². The summed E-state index contributed by atoms with van der Waals surface area (Å²) >= 11 is 0. The van der Waals surface area contributed by atoms with Crippen molar-refractivity contribution >= 4 is 19.5 Å². The zero-order chi connectivity index (χ0) is 27.4. The number of rotatable bonds is 14. The van der Waals surface area contributed by atoms with Crippen LogP contribution < -0.4 is 15.3 Å². The van der Waals surface area contributed by atoms with Crippen LogP contribution in [0.1, 0.15) is 16.7 Å². The number of alkyl halides is 4. The number of carbonyl (C=O) groups is 2. The second-order valence-corrected chi connectivity index (χ2v) is 8.02. The summed E-state index contributed by atoms with van der Waals surface area (Å²) in [7, 11) is 3.71. The first kappa shape index (κ1) is 30.1.